The standard InChI is InChI=1S/C19H24N2O5S/c1-25-14-13-21-27(23,24)17-9-7-16(8-10-17)19(22)20-12-11-15-5-3-4-6-18(15)26-2/h3-10,21H,11-14H2,1-2H3,(H,20,22). The van der Waals surface area contributed by atoms with E-state index in [-0.39, 0.29) is 24.0 Å². The molecule has 2 aromatic rings. The number of hydrogen-bond donors (Lipinski definition) is 2. The third kappa shape index (κ3) is 6.06. The monoisotopic (exact) mass is 392 g/mol. The van der Waals surface area contributed by atoms with Crippen molar-refractivity contribution in [3.05, 3.63) is 59.7 Å². The second kappa shape index (κ2) is 10.1. The van der Waals surface area contributed by atoms with Crippen LogP contribution in [0.25, 0.3) is 0 Å². The summed E-state index contributed by atoms with van der Waals surface area (Å²) in [7, 11) is -0.507. The number of ether oxygens (including phenoxy) is 2. The lowest BCUT2D eigenvalue weighted by Crippen LogP contribution is -2.28. The maximum Gasteiger partial charge on any atom is 0.251 e. The minimum absolute atomic E-state index is 0.101. The molecule has 0 atom stereocenters. The minimum Gasteiger partial charge on any atom is -0.496 e. The van der Waals surface area contributed by atoms with E-state index < -0.39 is 10.0 Å². The zero-order chi connectivity index (χ0) is 19.7. The summed E-state index contributed by atoms with van der Waals surface area (Å²) in [4.78, 5) is 12.3. The van der Waals surface area contributed by atoms with Crippen molar-refractivity contribution >= 4 is 15.9 Å². The highest BCUT2D eigenvalue weighted by Gasteiger charge is 2.14. The fourth-order valence-electron chi connectivity index (χ4n) is 2.47. The molecule has 146 valence electrons. The Morgan fingerprint density at radius 1 is 1.00 bits per heavy atom. The molecule has 2 N–H and O–H groups in total. The predicted molar refractivity (Wildman–Crippen MR) is 103 cm³/mol. The number of carbonyl (C=O) groups is 1. The summed E-state index contributed by atoms with van der Waals surface area (Å²) in [5, 5.41) is 2.82. The smallest absolute Gasteiger partial charge is 0.251 e. The summed E-state index contributed by atoms with van der Waals surface area (Å²) in [6.07, 6.45) is 0.631. The highest BCUT2D eigenvalue weighted by molar-refractivity contribution is 7.89. The Kier molecular flexibility index (Phi) is 7.78. The van der Waals surface area contributed by atoms with Gasteiger partial charge in [0.25, 0.3) is 5.91 Å². The molecule has 27 heavy (non-hydrogen) atoms. The average Bonchev–Trinajstić information content (AvgIpc) is 2.68. The lowest BCUT2D eigenvalue weighted by Gasteiger charge is -2.10. The van der Waals surface area contributed by atoms with Gasteiger partial charge in [-0.15, -0.1) is 0 Å². The van der Waals surface area contributed by atoms with Crippen molar-refractivity contribution in [2.75, 3.05) is 33.9 Å². The van der Waals surface area contributed by atoms with Gasteiger partial charge in [0, 0.05) is 25.8 Å². The Morgan fingerprint density at radius 2 is 1.70 bits per heavy atom. The molecule has 8 heteroatoms. The first-order valence-corrected chi connectivity index (χ1v) is 9.95. The highest BCUT2D eigenvalue weighted by Crippen LogP contribution is 2.17. The Morgan fingerprint density at radius 3 is 2.37 bits per heavy atom. The van der Waals surface area contributed by atoms with Crippen LogP contribution in [0.4, 0.5) is 0 Å². The average molecular weight is 392 g/mol. The minimum atomic E-state index is -3.61. The van der Waals surface area contributed by atoms with E-state index in [1.807, 2.05) is 24.3 Å². The molecule has 0 heterocycles. The Bertz CT molecular complexity index is 851. The zero-order valence-electron chi connectivity index (χ0n) is 15.4. The molecular weight excluding hydrogens is 368 g/mol. The van der Waals surface area contributed by atoms with Crippen LogP contribution in [0.3, 0.4) is 0 Å². The molecule has 2 rings (SSSR count). The van der Waals surface area contributed by atoms with Crippen molar-refractivity contribution in [1.29, 1.82) is 0 Å². The summed E-state index contributed by atoms with van der Waals surface area (Å²) >= 11 is 0. The lowest BCUT2D eigenvalue weighted by atomic mass is 10.1. The van der Waals surface area contributed by atoms with E-state index in [9.17, 15) is 13.2 Å². The van der Waals surface area contributed by atoms with Crippen LogP contribution in [0.1, 0.15) is 15.9 Å². The van der Waals surface area contributed by atoms with Crippen molar-refractivity contribution in [3.8, 4) is 5.75 Å². The van der Waals surface area contributed by atoms with E-state index in [1.165, 1.54) is 31.4 Å². The Hall–Kier alpha value is -2.42. The van der Waals surface area contributed by atoms with E-state index in [4.69, 9.17) is 9.47 Å². The van der Waals surface area contributed by atoms with Gasteiger partial charge in [0.2, 0.25) is 10.0 Å². The molecule has 0 aliphatic rings. The SMILES string of the molecule is COCCNS(=O)(=O)c1ccc(C(=O)NCCc2ccccc2OC)cc1. The van der Waals surface area contributed by atoms with Crippen molar-refractivity contribution in [2.24, 2.45) is 0 Å². The molecule has 0 aliphatic heterocycles. The van der Waals surface area contributed by atoms with Gasteiger partial charge in [-0.3, -0.25) is 4.79 Å². The second-order valence-electron chi connectivity index (χ2n) is 5.73. The number of rotatable bonds is 10. The fourth-order valence-corrected chi connectivity index (χ4v) is 3.48. The van der Waals surface area contributed by atoms with Gasteiger partial charge in [-0.05, 0) is 42.3 Å². The predicted octanol–water partition coefficient (Wildman–Crippen LogP) is 1.59. The number of benzene rings is 2. The van der Waals surface area contributed by atoms with Gasteiger partial charge in [-0.25, -0.2) is 13.1 Å². The molecule has 0 unspecified atom stereocenters. The van der Waals surface area contributed by atoms with Gasteiger partial charge in [-0.2, -0.15) is 0 Å². The van der Waals surface area contributed by atoms with Crippen molar-refractivity contribution in [2.45, 2.75) is 11.3 Å². The molecule has 0 fully saturated rings. The van der Waals surface area contributed by atoms with E-state index >= 15 is 0 Å². The van der Waals surface area contributed by atoms with Crippen molar-refractivity contribution in [1.82, 2.24) is 10.0 Å². The van der Waals surface area contributed by atoms with Crippen LogP contribution >= 0.6 is 0 Å². The molecule has 0 spiro atoms. The summed E-state index contributed by atoms with van der Waals surface area (Å²) in [6, 6.07) is 13.4. The summed E-state index contributed by atoms with van der Waals surface area (Å²) in [6.45, 7) is 0.910. The zero-order valence-corrected chi connectivity index (χ0v) is 16.2. The normalized spacial score (nSPS) is 11.2. The van der Waals surface area contributed by atoms with Gasteiger partial charge in [0.1, 0.15) is 5.75 Å². The van der Waals surface area contributed by atoms with Crippen LogP contribution in [0.15, 0.2) is 53.4 Å². The Labute approximate surface area is 159 Å². The van der Waals surface area contributed by atoms with Gasteiger partial charge in [0.05, 0.1) is 18.6 Å². The summed E-state index contributed by atoms with van der Waals surface area (Å²) < 4.78 is 36.7. The number of methoxy groups -OCH3 is 2. The van der Waals surface area contributed by atoms with E-state index in [2.05, 4.69) is 10.0 Å². The third-order valence-corrected chi connectivity index (χ3v) is 5.37. The van der Waals surface area contributed by atoms with Gasteiger partial charge in [-0.1, -0.05) is 18.2 Å². The molecule has 7 nitrogen and oxygen atoms in total. The number of para-hydroxylation sites is 1. The van der Waals surface area contributed by atoms with Crippen LogP contribution in [0.5, 0.6) is 5.75 Å². The van der Waals surface area contributed by atoms with Crippen LogP contribution in [-0.4, -0.2) is 48.2 Å². The molecule has 2 aromatic carbocycles. The molecule has 0 aliphatic carbocycles. The van der Waals surface area contributed by atoms with Gasteiger partial charge >= 0.3 is 0 Å². The van der Waals surface area contributed by atoms with Crippen molar-refractivity contribution in [3.63, 3.8) is 0 Å². The maximum atomic E-state index is 12.2. The molecule has 0 saturated heterocycles. The van der Waals surface area contributed by atoms with Crippen LogP contribution < -0.4 is 14.8 Å². The molecule has 0 aromatic heterocycles. The van der Waals surface area contributed by atoms with Crippen LogP contribution in [0, 0.1) is 0 Å². The number of amides is 1. The molecular formula is C19H24N2O5S. The summed E-state index contributed by atoms with van der Waals surface area (Å²) in [5.41, 5.74) is 1.40. The largest absolute Gasteiger partial charge is 0.496 e. The van der Waals surface area contributed by atoms with E-state index in [0.717, 1.165) is 11.3 Å². The summed E-state index contributed by atoms with van der Waals surface area (Å²) in [5.74, 6) is 0.517. The van der Waals surface area contributed by atoms with Gasteiger partial charge < -0.3 is 14.8 Å². The Balaban J connectivity index is 1.91. The number of hydrogen-bond acceptors (Lipinski definition) is 5. The van der Waals surface area contributed by atoms with Crippen molar-refractivity contribution < 1.29 is 22.7 Å². The molecule has 0 radical (unpaired) electrons. The number of sulfonamides is 1. The highest BCUT2D eigenvalue weighted by atomic mass is 32.2. The van der Waals surface area contributed by atoms with Crippen LogP contribution in [0.2, 0.25) is 0 Å². The first-order valence-electron chi connectivity index (χ1n) is 8.46. The van der Waals surface area contributed by atoms with E-state index in [1.54, 1.807) is 7.11 Å². The first kappa shape index (κ1) is 20.9. The molecule has 0 saturated carbocycles. The quantitative estimate of drug-likeness (QED) is 0.599. The number of carbonyl (C=O) groups excluding carboxylic acids is 1. The lowest BCUT2D eigenvalue weighted by molar-refractivity contribution is 0.0954. The number of nitrogens with one attached hydrogen (secondary N) is 2. The first-order chi connectivity index (χ1) is 13.0. The van der Waals surface area contributed by atoms with Gasteiger partial charge in [0.15, 0.2) is 0 Å². The molecule has 1 amide bonds. The molecule has 0 bridgehead atoms. The fraction of sp³-hybridized carbons (Fsp3) is 0.316. The second-order valence-corrected chi connectivity index (χ2v) is 7.50. The van der Waals surface area contributed by atoms with E-state index in [0.29, 0.717) is 18.5 Å². The topological polar surface area (TPSA) is 93.7 Å². The maximum absolute atomic E-state index is 12.2. The van der Waals surface area contributed by atoms with Crippen LogP contribution in [-0.2, 0) is 21.2 Å². The third-order valence-electron chi connectivity index (χ3n) is 3.90.